The highest BCUT2D eigenvalue weighted by atomic mass is 32.2. The van der Waals surface area contributed by atoms with E-state index in [0.29, 0.717) is 10.9 Å². The van der Waals surface area contributed by atoms with Crippen molar-refractivity contribution in [3.05, 3.63) is 29.8 Å². The molecule has 1 saturated carbocycles. The number of benzene rings is 1. The fraction of sp³-hybridized carbons (Fsp3) is 0.667. The molecule has 23 heavy (non-hydrogen) atoms. The minimum atomic E-state index is -3.36. The molecule has 0 radical (unpaired) electrons. The summed E-state index contributed by atoms with van der Waals surface area (Å²) in [4.78, 5) is 2.78. The van der Waals surface area contributed by atoms with Gasteiger partial charge >= 0.3 is 0 Å². The summed E-state index contributed by atoms with van der Waals surface area (Å²) in [6, 6.07) is 7.97. The Morgan fingerprint density at radius 2 is 1.61 bits per heavy atom. The lowest BCUT2D eigenvalue weighted by Crippen LogP contribution is -2.32. The number of rotatable bonds is 5. The Morgan fingerprint density at radius 1 is 1.00 bits per heavy atom. The van der Waals surface area contributed by atoms with Crippen molar-refractivity contribution in [2.45, 2.75) is 62.4 Å². The Bertz CT molecular complexity index is 591. The minimum Gasteiger partial charge on any atom is -0.299 e. The van der Waals surface area contributed by atoms with Crippen LogP contribution in [-0.4, -0.2) is 44.8 Å². The first-order valence-electron chi connectivity index (χ1n) is 8.63. The number of nitrogens with zero attached hydrogens (tertiary/aromatic N) is 2. The van der Waals surface area contributed by atoms with Crippen LogP contribution in [0.15, 0.2) is 29.2 Å². The number of hydrogen-bond donors (Lipinski definition) is 0. The third-order valence-electron chi connectivity index (χ3n) is 4.81. The molecule has 1 aliphatic rings. The van der Waals surface area contributed by atoms with E-state index in [-0.39, 0.29) is 0 Å². The molecule has 0 unspecified atom stereocenters. The standard InChI is InChI=1S/C18H30N2O2S/c1-19(2)23(21,22)18-13-9-10-16(14-18)15-20(3)17-11-7-5-4-6-8-12-17/h9-10,13-14,17H,4-8,11-12,15H2,1-3H3. The van der Waals surface area contributed by atoms with Crippen molar-refractivity contribution in [2.24, 2.45) is 0 Å². The van der Waals surface area contributed by atoms with Crippen molar-refractivity contribution in [2.75, 3.05) is 21.1 Å². The van der Waals surface area contributed by atoms with Crippen LogP contribution >= 0.6 is 0 Å². The molecule has 5 heteroatoms. The fourth-order valence-electron chi connectivity index (χ4n) is 3.31. The maximum atomic E-state index is 12.3. The molecule has 0 spiro atoms. The zero-order valence-corrected chi connectivity index (χ0v) is 15.5. The quantitative estimate of drug-likeness (QED) is 0.825. The Kier molecular flexibility index (Phi) is 6.62. The van der Waals surface area contributed by atoms with Gasteiger partial charge in [0.05, 0.1) is 4.90 Å². The second-order valence-electron chi connectivity index (χ2n) is 6.85. The molecule has 130 valence electrons. The SMILES string of the molecule is CN(Cc1cccc(S(=O)(=O)N(C)C)c1)C1CCCCCCC1. The maximum Gasteiger partial charge on any atom is 0.242 e. The van der Waals surface area contributed by atoms with Gasteiger partial charge in [-0.2, -0.15) is 0 Å². The van der Waals surface area contributed by atoms with Crippen molar-refractivity contribution in [3.8, 4) is 0 Å². The third kappa shape index (κ3) is 5.03. The molecule has 0 saturated heterocycles. The molecule has 0 bridgehead atoms. The van der Waals surface area contributed by atoms with Crippen LogP contribution in [0.5, 0.6) is 0 Å². The molecule has 0 atom stereocenters. The molecule has 1 fully saturated rings. The lowest BCUT2D eigenvalue weighted by molar-refractivity contribution is 0.195. The number of hydrogen-bond acceptors (Lipinski definition) is 3. The monoisotopic (exact) mass is 338 g/mol. The van der Waals surface area contributed by atoms with Gasteiger partial charge in [0.2, 0.25) is 10.0 Å². The lowest BCUT2D eigenvalue weighted by Gasteiger charge is -2.29. The molecule has 0 amide bonds. The molecule has 0 N–H and O–H groups in total. The highest BCUT2D eigenvalue weighted by molar-refractivity contribution is 7.89. The maximum absolute atomic E-state index is 12.3. The van der Waals surface area contributed by atoms with Gasteiger partial charge in [-0.05, 0) is 37.6 Å². The van der Waals surface area contributed by atoms with Crippen LogP contribution in [0.2, 0.25) is 0 Å². The van der Waals surface area contributed by atoms with Gasteiger partial charge in [-0.1, -0.05) is 44.2 Å². The van der Waals surface area contributed by atoms with Crippen molar-refractivity contribution in [1.82, 2.24) is 9.21 Å². The molecule has 0 aromatic heterocycles. The van der Waals surface area contributed by atoms with E-state index in [1.165, 1.54) is 49.3 Å². The molecule has 0 heterocycles. The van der Waals surface area contributed by atoms with Gasteiger partial charge in [0.1, 0.15) is 0 Å². The van der Waals surface area contributed by atoms with Gasteiger partial charge in [0.25, 0.3) is 0 Å². The average molecular weight is 339 g/mol. The van der Waals surface area contributed by atoms with Gasteiger partial charge in [-0.25, -0.2) is 12.7 Å². The Morgan fingerprint density at radius 3 is 2.22 bits per heavy atom. The Balaban J connectivity index is 2.07. The number of sulfonamides is 1. The predicted octanol–water partition coefficient (Wildman–Crippen LogP) is 3.48. The second-order valence-corrected chi connectivity index (χ2v) is 9.00. The highest BCUT2D eigenvalue weighted by Gasteiger charge is 2.19. The van der Waals surface area contributed by atoms with Crippen molar-refractivity contribution < 1.29 is 8.42 Å². The molecule has 0 aliphatic heterocycles. The summed E-state index contributed by atoms with van der Waals surface area (Å²) in [5, 5.41) is 0. The fourth-order valence-corrected chi connectivity index (χ4v) is 4.28. The van der Waals surface area contributed by atoms with Gasteiger partial charge in [0, 0.05) is 26.7 Å². The van der Waals surface area contributed by atoms with Crippen molar-refractivity contribution in [3.63, 3.8) is 0 Å². The predicted molar refractivity (Wildman–Crippen MR) is 94.9 cm³/mol. The first kappa shape index (κ1) is 18.4. The normalized spacial score (nSPS) is 18.1. The van der Waals surface area contributed by atoms with Crippen LogP contribution in [-0.2, 0) is 16.6 Å². The summed E-state index contributed by atoms with van der Waals surface area (Å²) < 4.78 is 25.8. The zero-order chi connectivity index (χ0) is 16.9. The zero-order valence-electron chi connectivity index (χ0n) is 14.7. The molecular weight excluding hydrogens is 308 g/mol. The lowest BCUT2D eigenvalue weighted by atomic mass is 9.95. The van der Waals surface area contributed by atoms with Crippen molar-refractivity contribution >= 4 is 10.0 Å². The van der Waals surface area contributed by atoms with E-state index in [1.807, 2.05) is 18.2 Å². The average Bonchev–Trinajstić information content (AvgIpc) is 2.46. The summed E-state index contributed by atoms with van der Waals surface area (Å²) in [6.07, 6.45) is 9.20. The summed E-state index contributed by atoms with van der Waals surface area (Å²) in [5.41, 5.74) is 1.07. The third-order valence-corrected chi connectivity index (χ3v) is 6.62. The molecule has 4 nitrogen and oxygen atoms in total. The van der Waals surface area contributed by atoms with E-state index in [9.17, 15) is 8.42 Å². The first-order chi connectivity index (χ1) is 10.9. The summed E-state index contributed by atoms with van der Waals surface area (Å²) in [7, 11) is 1.95. The molecular formula is C18H30N2O2S. The smallest absolute Gasteiger partial charge is 0.242 e. The Hall–Kier alpha value is -0.910. The molecule has 1 aromatic carbocycles. The van der Waals surface area contributed by atoms with Crippen LogP contribution in [0.3, 0.4) is 0 Å². The highest BCUT2D eigenvalue weighted by Crippen LogP contribution is 2.23. The summed E-state index contributed by atoms with van der Waals surface area (Å²) in [6.45, 7) is 0.807. The van der Waals surface area contributed by atoms with E-state index in [0.717, 1.165) is 12.1 Å². The molecule has 1 aromatic rings. The minimum absolute atomic E-state index is 0.381. The van der Waals surface area contributed by atoms with Crippen LogP contribution in [0.25, 0.3) is 0 Å². The van der Waals surface area contributed by atoms with Crippen LogP contribution in [0.4, 0.5) is 0 Å². The van der Waals surface area contributed by atoms with E-state index < -0.39 is 10.0 Å². The van der Waals surface area contributed by atoms with Gasteiger partial charge < -0.3 is 0 Å². The second kappa shape index (κ2) is 8.27. The summed E-state index contributed by atoms with van der Waals surface area (Å²) in [5.74, 6) is 0. The Labute approximate surface area is 141 Å². The van der Waals surface area contributed by atoms with Gasteiger partial charge in [-0.15, -0.1) is 0 Å². The topological polar surface area (TPSA) is 40.6 Å². The van der Waals surface area contributed by atoms with E-state index >= 15 is 0 Å². The molecule has 1 aliphatic carbocycles. The van der Waals surface area contributed by atoms with Crippen LogP contribution in [0.1, 0.15) is 50.5 Å². The largest absolute Gasteiger partial charge is 0.299 e. The summed E-state index contributed by atoms with van der Waals surface area (Å²) >= 11 is 0. The first-order valence-corrected chi connectivity index (χ1v) is 10.1. The van der Waals surface area contributed by atoms with Gasteiger partial charge in [-0.3, -0.25) is 4.90 Å². The van der Waals surface area contributed by atoms with Crippen LogP contribution < -0.4 is 0 Å². The van der Waals surface area contributed by atoms with E-state index in [1.54, 1.807) is 20.2 Å². The van der Waals surface area contributed by atoms with Crippen molar-refractivity contribution in [1.29, 1.82) is 0 Å². The molecule has 2 rings (SSSR count). The van der Waals surface area contributed by atoms with E-state index in [4.69, 9.17) is 0 Å². The van der Waals surface area contributed by atoms with E-state index in [2.05, 4.69) is 11.9 Å². The van der Waals surface area contributed by atoms with Gasteiger partial charge in [0.15, 0.2) is 0 Å². The van der Waals surface area contributed by atoms with Crippen LogP contribution in [0, 0.1) is 0 Å².